The Labute approximate surface area is 166 Å². The molecule has 2 heterocycles. The van der Waals surface area contributed by atoms with Gasteiger partial charge >= 0.3 is 0 Å². The van der Waals surface area contributed by atoms with Crippen LogP contribution in [0.2, 0.25) is 0 Å². The zero-order valence-electron chi connectivity index (χ0n) is 16.2. The summed E-state index contributed by atoms with van der Waals surface area (Å²) in [5, 5.41) is 15.7. The Morgan fingerprint density at radius 3 is 2.62 bits per heavy atom. The van der Waals surface area contributed by atoms with Crippen LogP contribution in [0, 0.1) is 5.82 Å². The fourth-order valence-electron chi connectivity index (χ4n) is 3.67. The third-order valence-electron chi connectivity index (χ3n) is 5.21. The number of likely N-dealkylation sites (tertiary alicyclic amines) is 1. The number of halogens is 3. The van der Waals surface area contributed by atoms with Gasteiger partial charge in [-0.1, -0.05) is 18.2 Å². The monoisotopic (exact) mass is 401 g/mol. The first-order chi connectivity index (χ1) is 13.9. The van der Waals surface area contributed by atoms with Crippen molar-refractivity contribution in [3.63, 3.8) is 0 Å². The van der Waals surface area contributed by atoms with Crippen LogP contribution in [-0.4, -0.2) is 41.3 Å². The van der Waals surface area contributed by atoms with E-state index in [1.165, 1.54) is 12.1 Å². The molecule has 1 fully saturated rings. The number of benzene rings is 2. The van der Waals surface area contributed by atoms with E-state index in [0.717, 1.165) is 30.2 Å². The van der Waals surface area contributed by atoms with Crippen LogP contribution in [0.4, 0.5) is 24.5 Å². The van der Waals surface area contributed by atoms with Gasteiger partial charge in [0.25, 0.3) is 6.43 Å². The van der Waals surface area contributed by atoms with Gasteiger partial charge in [-0.25, -0.2) is 13.2 Å². The van der Waals surface area contributed by atoms with Crippen LogP contribution in [0.15, 0.2) is 42.6 Å². The molecule has 0 spiro atoms. The maximum atomic E-state index is 14.5. The standard InChI is InChI=1S/C21H22F3N5/c1-12(15-4-3-5-16(20(15)22)21(23)24)26-19-9-25-28-18-7-6-13(8-17(18)19)27-14-10-29(2)11-14/h3-9,12,14,21,27H,10-11H2,1-2H3,(H,26,28)/t12-/m1/s1. The topological polar surface area (TPSA) is 53.1 Å². The number of nitrogens with zero attached hydrogens (tertiary/aromatic N) is 3. The van der Waals surface area contributed by atoms with Crippen molar-refractivity contribution in [3.8, 4) is 0 Å². The molecule has 2 N–H and O–H groups in total. The second-order valence-electron chi connectivity index (χ2n) is 7.47. The number of hydrogen-bond acceptors (Lipinski definition) is 5. The van der Waals surface area contributed by atoms with Crippen LogP contribution in [-0.2, 0) is 0 Å². The molecule has 1 atom stereocenters. The predicted octanol–water partition coefficient (Wildman–Crippen LogP) is 4.61. The van der Waals surface area contributed by atoms with Gasteiger partial charge in [0.05, 0.1) is 35.0 Å². The number of aromatic nitrogens is 2. The molecule has 0 aliphatic carbocycles. The lowest BCUT2D eigenvalue weighted by Gasteiger charge is -2.37. The molecule has 0 radical (unpaired) electrons. The highest BCUT2D eigenvalue weighted by molar-refractivity contribution is 5.92. The van der Waals surface area contributed by atoms with Gasteiger partial charge in [-0.3, -0.25) is 0 Å². The lowest BCUT2D eigenvalue weighted by Crippen LogP contribution is -2.52. The third kappa shape index (κ3) is 3.98. The van der Waals surface area contributed by atoms with Gasteiger partial charge in [-0.15, -0.1) is 0 Å². The number of anilines is 2. The van der Waals surface area contributed by atoms with Gasteiger partial charge in [-0.05, 0) is 32.2 Å². The smallest absolute Gasteiger partial charge is 0.266 e. The van der Waals surface area contributed by atoms with Crippen molar-refractivity contribution in [2.24, 2.45) is 0 Å². The van der Waals surface area contributed by atoms with E-state index < -0.39 is 23.8 Å². The first-order valence-corrected chi connectivity index (χ1v) is 9.46. The molecule has 1 saturated heterocycles. The van der Waals surface area contributed by atoms with Crippen LogP contribution in [0.1, 0.15) is 30.5 Å². The number of nitrogens with one attached hydrogen (secondary N) is 2. The van der Waals surface area contributed by atoms with Crippen molar-refractivity contribution < 1.29 is 13.2 Å². The summed E-state index contributed by atoms with van der Waals surface area (Å²) in [4.78, 5) is 2.22. The van der Waals surface area contributed by atoms with Crippen LogP contribution >= 0.6 is 0 Å². The largest absolute Gasteiger partial charge is 0.380 e. The highest BCUT2D eigenvalue weighted by atomic mass is 19.3. The summed E-state index contributed by atoms with van der Waals surface area (Å²) >= 11 is 0. The minimum absolute atomic E-state index is 0.180. The van der Waals surface area contributed by atoms with E-state index in [1.54, 1.807) is 13.1 Å². The molecule has 0 saturated carbocycles. The van der Waals surface area contributed by atoms with E-state index in [1.807, 2.05) is 18.2 Å². The summed E-state index contributed by atoms with van der Waals surface area (Å²) in [7, 11) is 2.07. The summed E-state index contributed by atoms with van der Waals surface area (Å²) in [5.41, 5.74) is 1.91. The molecule has 1 aliphatic heterocycles. The summed E-state index contributed by atoms with van der Waals surface area (Å²) in [6.07, 6.45) is -1.29. The molecule has 8 heteroatoms. The van der Waals surface area contributed by atoms with Crippen molar-refractivity contribution in [1.29, 1.82) is 0 Å². The molecule has 5 nitrogen and oxygen atoms in total. The zero-order chi connectivity index (χ0) is 20.5. The molecule has 1 aromatic heterocycles. The van der Waals surface area contributed by atoms with Crippen LogP contribution in [0.25, 0.3) is 10.9 Å². The van der Waals surface area contributed by atoms with Crippen LogP contribution < -0.4 is 10.6 Å². The van der Waals surface area contributed by atoms with Crippen LogP contribution in [0.3, 0.4) is 0 Å². The molecule has 3 aromatic rings. The van der Waals surface area contributed by atoms with E-state index in [0.29, 0.717) is 17.2 Å². The minimum Gasteiger partial charge on any atom is -0.380 e. The number of fused-ring (bicyclic) bond motifs is 1. The molecular weight excluding hydrogens is 379 g/mol. The molecule has 4 rings (SSSR count). The Bertz CT molecular complexity index is 1020. The number of likely N-dealkylation sites (N-methyl/N-ethyl adjacent to an activating group) is 1. The number of alkyl halides is 2. The minimum atomic E-state index is -2.86. The number of rotatable bonds is 6. The third-order valence-corrected chi connectivity index (χ3v) is 5.21. The Morgan fingerprint density at radius 1 is 1.14 bits per heavy atom. The fourth-order valence-corrected chi connectivity index (χ4v) is 3.67. The molecule has 0 amide bonds. The van der Waals surface area contributed by atoms with E-state index >= 15 is 0 Å². The van der Waals surface area contributed by atoms with Gasteiger partial charge in [0.15, 0.2) is 0 Å². The van der Waals surface area contributed by atoms with Crippen molar-refractivity contribution in [2.45, 2.75) is 25.4 Å². The SMILES string of the molecule is C[C@@H](Nc1cnnc2ccc(NC3CN(C)C3)cc12)c1cccc(C(F)F)c1F. The molecule has 0 unspecified atom stereocenters. The highest BCUT2D eigenvalue weighted by Gasteiger charge is 2.23. The first-order valence-electron chi connectivity index (χ1n) is 9.46. The van der Waals surface area contributed by atoms with E-state index in [-0.39, 0.29) is 5.56 Å². The maximum Gasteiger partial charge on any atom is 0.266 e. The van der Waals surface area contributed by atoms with Crippen LogP contribution in [0.5, 0.6) is 0 Å². The van der Waals surface area contributed by atoms with E-state index in [2.05, 4.69) is 32.8 Å². The van der Waals surface area contributed by atoms with Crippen molar-refractivity contribution in [2.75, 3.05) is 30.8 Å². The molecule has 29 heavy (non-hydrogen) atoms. The Morgan fingerprint density at radius 2 is 1.90 bits per heavy atom. The fraction of sp³-hybridized carbons (Fsp3) is 0.333. The Hall–Kier alpha value is -2.87. The summed E-state index contributed by atoms with van der Waals surface area (Å²) in [5.74, 6) is -0.884. The number of hydrogen-bond donors (Lipinski definition) is 2. The first kappa shape index (κ1) is 19.4. The zero-order valence-corrected chi connectivity index (χ0v) is 16.2. The van der Waals surface area contributed by atoms with Gasteiger partial charge < -0.3 is 15.5 Å². The average molecular weight is 401 g/mol. The van der Waals surface area contributed by atoms with Crippen molar-refractivity contribution in [3.05, 3.63) is 59.5 Å². The Balaban J connectivity index is 1.61. The highest BCUT2D eigenvalue weighted by Crippen LogP contribution is 2.31. The second kappa shape index (κ2) is 7.87. The second-order valence-corrected chi connectivity index (χ2v) is 7.47. The molecule has 2 aromatic carbocycles. The van der Waals surface area contributed by atoms with Gasteiger partial charge in [0, 0.05) is 29.7 Å². The Kier molecular flexibility index (Phi) is 5.27. The quantitative estimate of drug-likeness (QED) is 0.632. The van der Waals surface area contributed by atoms with Gasteiger partial charge in [-0.2, -0.15) is 10.2 Å². The molecule has 152 valence electrons. The maximum absolute atomic E-state index is 14.5. The van der Waals surface area contributed by atoms with Gasteiger partial charge in [0.2, 0.25) is 0 Å². The van der Waals surface area contributed by atoms with Crippen molar-refractivity contribution >= 4 is 22.3 Å². The molecule has 0 bridgehead atoms. The van der Waals surface area contributed by atoms with Gasteiger partial charge in [0.1, 0.15) is 5.82 Å². The summed E-state index contributed by atoms with van der Waals surface area (Å²) in [6, 6.07) is 9.73. The molecular formula is C21H22F3N5. The molecule has 1 aliphatic rings. The lowest BCUT2D eigenvalue weighted by atomic mass is 10.0. The van der Waals surface area contributed by atoms with E-state index in [4.69, 9.17) is 0 Å². The average Bonchev–Trinajstić information content (AvgIpc) is 2.67. The summed E-state index contributed by atoms with van der Waals surface area (Å²) in [6.45, 7) is 3.69. The normalized spacial score (nSPS) is 16.1. The predicted molar refractivity (Wildman–Crippen MR) is 108 cm³/mol. The van der Waals surface area contributed by atoms with Crippen molar-refractivity contribution in [1.82, 2.24) is 15.1 Å². The van der Waals surface area contributed by atoms with E-state index in [9.17, 15) is 13.2 Å². The summed E-state index contributed by atoms with van der Waals surface area (Å²) < 4.78 is 40.6. The lowest BCUT2D eigenvalue weighted by molar-refractivity contribution is 0.146.